The van der Waals surface area contributed by atoms with Crippen LogP contribution in [0.4, 0.5) is 0 Å². The van der Waals surface area contributed by atoms with E-state index in [9.17, 15) is 14.4 Å². The van der Waals surface area contributed by atoms with Gasteiger partial charge in [-0.3, -0.25) is 14.4 Å². The molecule has 0 aliphatic carbocycles. The summed E-state index contributed by atoms with van der Waals surface area (Å²) in [7, 11) is 0. The SMILES string of the molecule is CC/C=C\C/C=C\C/C=C\C/C=C\C/C=C\C/C=C\C/C=C\CCCCCC(=O)OCC(COC(=O)CCCCCCCC)OC(=O)CCCCCCCCC. The quantitative estimate of drug-likeness (QED) is 0.0268. The molecule has 0 aromatic carbocycles. The van der Waals surface area contributed by atoms with Gasteiger partial charge in [-0.1, -0.05) is 183 Å². The monoisotopic (exact) mass is 779 g/mol. The van der Waals surface area contributed by atoms with Crippen molar-refractivity contribution in [1.82, 2.24) is 0 Å². The summed E-state index contributed by atoms with van der Waals surface area (Å²) in [6.45, 7) is 6.36. The van der Waals surface area contributed by atoms with Gasteiger partial charge in [-0.25, -0.2) is 0 Å². The highest BCUT2D eigenvalue weighted by atomic mass is 16.6. The summed E-state index contributed by atoms with van der Waals surface area (Å²) in [5, 5.41) is 0. The van der Waals surface area contributed by atoms with Crippen LogP contribution in [0.1, 0.15) is 194 Å². The summed E-state index contributed by atoms with van der Waals surface area (Å²) < 4.78 is 16.5. The van der Waals surface area contributed by atoms with E-state index >= 15 is 0 Å². The molecule has 6 nitrogen and oxygen atoms in total. The van der Waals surface area contributed by atoms with Crippen molar-refractivity contribution in [2.45, 2.75) is 200 Å². The van der Waals surface area contributed by atoms with Gasteiger partial charge >= 0.3 is 17.9 Å². The molecule has 1 atom stereocenters. The van der Waals surface area contributed by atoms with Gasteiger partial charge in [-0.05, 0) is 77.0 Å². The molecule has 0 aliphatic rings. The Kier molecular flexibility index (Phi) is 41.6. The van der Waals surface area contributed by atoms with Gasteiger partial charge < -0.3 is 14.2 Å². The van der Waals surface area contributed by atoms with E-state index < -0.39 is 6.10 Å². The molecule has 0 rings (SSSR count). The number of carbonyl (C=O) groups is 3. The lowest BCUT2D eigenvalue weighted by atomic mass is 10.1. The van der Waals surface area contributed by atoms with Gasteiger partial charge in [0.2, 0.25) is 0 Å². The van der Waals surface area contributed by atoms with Crippen LogP contribution in [0.2, 0.25) is 0 Å². The fourth-order valence-electron chi connectivity index (χ4n) is 5.77. The second kappa shape index (κ2) is 44.3. The second-order valence-electron chi connectivity index (χ2n) is 14.6. The Morgan fingerprint density at radius 2 is 0.696 bits per heavy atom. The Bertz CT molecular complexity index is 1120. The fraction of sp³-hybridized carbons (Fsp3) is 0.660. The van der Waals surface area contributed by atoms with E-state index in [2.05, 4.69) is 106 Å². The van der Waals surface area contributed by atoms with Crippen LogP contribution in [-0.2, 0) is 28.6 Å². The van der Waals surface area contributed by atoms with Gasteiger partial charge in [0.25, 0.3) is 0 Å². The molecule has 1 unspecified atom stereocenters. The van der Waals surface area contributed by atoms with Crippen molar-refractivity contribution in [3.8, 4) is 0 Å². The van der Waals surface area contributed by atoms with Crippen molar-refractivity contribution in [1.29, 1.82) is 0 Å². The van der Waals surface area contributed by atoms with Crippen LogP contribution in [0.15, 0.2) is 85.1 Å². The normalized spacial score (nSPS) is 12.8. The number of allylic oxidation sites excluding steroid dienone is 14. The molecule has 0 radical (unpaired) electrons. The van der Waals surface area contributed by atoms with E-state index in [4.69, 9.17) is 14.2 Å². The summed E-state index contributed by atoms with van der Waals surface area (Å²) in [4.78, 5) is 37.3. The molecule has 0 saturated carbocycles. The first-order chi connectivity index (χ1) is 27.5. The van der Waals surface area contributed by atoms with E-state index in [-0.39, 0.29) is 31.1 Å². The van der Waals surface area contributed by atoms with Crippen LogP contribution in [0.3, 0.4) is 0 Å². The summed E-state index contributed by atoms with van der Waals surface area (Å²) in [6.07, 6.45) is 56.1. The number of esters is 3. The minimum absolute atomic E-state index is 0.0877. The summed E-state index contributed by atoms with van der Waals surface area (Å²) in [6, 6.07) is 0. The molecule has 0 spiro atoms. The van der Waals surface area contributed by atoms with Gasteiger partial charge in [0.05, 0.1) is 0 Å². The van der Waals surface area contributed by atoms with E-state index in [1.807, 2.05) is 0 Å². The lowest BCUT2D eigenvalue weighted by molar-refractivity contribution is -0.167. The predicted octanol–water partition coefficient (Wildman–Crippen LogP) is 14.5. The first kappa shape index (κ1) is 52.6. The third kappa shape index (κ3) is 41.7. The van der Waals surface area contributed by atoms with E-state index in [1.54, 1.807) is 0 Å². The Morgan fingerprint density at radius 1 is 0.375 bits per heavy atom. The van der Waals surface area contributed by atoms with Crippen molar-refractivity contribution in [2.24, 2.45) is 0 Å². The van der Waals surface area contributed by atoms with Gasteiger partial charge in [-0.15, -0.1) is 0 Å². The molecule has 0 fully saturated rings. The standard InChI is InChI=1S/C50H82O6/c1-4-7-10-13-16-17-18-19-20-21-22-23-24-25-26-27-28-29-30-31-32-33-35-37-40-43-49(52)55-46-47(45-54-48(51)42-39-36-15-12-9-6-3)56-50(53)44-41-38-34-14-11-8-5-2/h7,10,16-17,19-20,22-23,25-26,28-29,31-32,47H,4-6,8-9,11-15,18,21,24,27,30,33-46H2,1-3H3/b10-7-,17-16-,20-19-,23-22-,26-25-,29-28-,32-31-. The van der Waals surface area contributed by atoms with Crippen LogP contribution in [-0.4, -0.2) is 37.2 Å². The predicted molar refractivity (Wildman–Crippen MR) is 237 cm³/mol. The van der Waals surface area contributed by atoms with Crippen LogP contribution < -0.4 is 0 Å². The average Bonchev–Trinajstić information content (AvgIpc) is 3.19. The Labute approximate surface area is 344 Å². The van der Waals surface area contributed by atoms with Crippen LogP contribution in [0.25, 0.3) is 0 Å². The maximum Gasteiger partial charge on any atom is 0.306 e. The Balaban J connectivity index is 4.19. The molecule has 0 saturated heterocycles. The summed E-state index contributed by atoms with van der Waals surface area (Å²) in [5.41, 5.74) is 0. The number of carbonyl (C=O) groups excluding carboxylic acids is 3. The number of rotatable bonds is 39. The van der Waals surface area contributed by atoms with Crippen molar-refractivity contribution < 1.29 is 28.6 Å². The largest absolute Gasteiger partial charge is 0.462 e. The van der Waals surface area contributed by atoms with E-state index in [0.717, 1.165) is 109 Å². The molecule has 56 heavy (non-hydrogen) atoms. The highest BCUT2D eigenvalue weighted by molar-refractivity contribution is 5.71. The second-order valence-corrected chi connectivity index (χ2v) is 14.6. The van der Waals surface area contributed by atoms with Crippen molar-refractivity contribution in [3.63, 3.8) is 0 Å². The highest BCUT2D eigenvalue weighted by Gasteiger charge is 2.19. The number of unbranched alkanes of at least 4 members (excludes halogenated alkanes) is 14. The number of hydrogen-bond donors (Lipinski definition) is 0. The minimum Gasteiger partial charge on any atom is -0.462 e. The Hall–Kier alpha value is -3.41. The lowest BCUT2D eigenvalue weighted by Gasteiger charge is -2.18. The highest BCUT2D eigenvalue weighted by Crippen LogP contribution is 2.12. The van der Waals surface area contributed by atoms with Gasteiger partial charge in [0, 0.05) is 19.3 Å². The Morgan fingerprint density at radius 3 is 1.09 bits per heavy atom. The molecule has 0 aromatic heterocycles. The topological polar surface area (TPSA) is 78.9 Å². The smallest absolute Gasteiger partial charge is 0.306 e. The number of ether oxygens (including phenoxy) is 3. The first-order valence-electron chi connectivity index (χ1n) is 22.6. The third-order valence-corrected chi connectivity index (χ3v) is 9.16. The van der Waals surface area contributed by atoms with Crippen LogP contribution in [0, 0.1) is 0 Å². The van der Waals surface area contributed by atoms with Gasteiger partial charge in [-0.2, -0.15) is 0 Å². The maximum atomic E-state index is 12.5. The van der Waals surface area contributed by atoms with Crippen molar-refractivity contribution in [2.75, 3.05) is 13.2 Å². The van der Waals surface area contributed by atoms with Crippen molar-refractivity contribution >= 4 is 17.9 Å². The van der Waals surface area contributed by atoms with Crippen LogP contribution in [0.5, 0.6) is 0 Å². The summed E-state index contributed by atoms with van der Waals surface area (Å²) >= 11 is 0. The number of hydrogen-bond acceptors (Lipinski definition) is 6. The molecule has 318 valence electrons. The van der Waals surface area contributed by atoms with Crippen LogP contribution >= 0.6 is 0 Å². The van der Waals surface area contributed by atoms with Gasteiger partial charge in [0.15, 0.2) is 6.10 Å². The average molecular weight is 779 g/mol. The first-order valence-corrected chi connectivity index (χ1v) is 22.6. The molecule has 0 bridgehead atoms. The summed E-state index contributed by atoms with van der Waals surface area (Å²) in [5.74, 6) is -0.948. The molecular weight excluding hydrogens is 697 g/mol. The zero-order valence-electron chi connectivity index (χ0n) is 36.1. The fourth-order valence-corrected chi connectivity index (χ4v) is 5.77. The van der Waals surface area contributed by atoms with E-state index in [1.165, 1.54) is 44.9 Å². The lowest BCUT2D eigenvalue weighted by Crippen LogP contribution is -2.30. The minimum atomic E-state index is -0.782. The van der Waals surface area contributed by atoms with Gasteiger partial charge in [0.1, 0.15) is 13.2 Å². The molecule has 0 heterocycles. The zero-order valence-corrected chi connectivity index (χ0v) is 36.1. The van der Waals surface area contributed by atoms with E-state index in [0.29, 0.717) is 19.3 Å². The molecule has 0 aromatic rings. The third-order valence-electron chi connectivity index (χ3n) is 9.16. The zero-order chi connectivity index (χ0) is 40.8. The molecule has 6 heteroatoms. The molecule has 0 aliphatic heterocycles. The van der Waals surface area contributed by atoms with Crippen molar-refractivity contribution in [3.05, 3.63) is 85.1 Å². The molecule has 0 amide bonds. The molecule has 0 N–H and O–H groups in total. The maximum absolute atomic E-state index is 12.5. The molecular formula is C50H82O6.